The molecular weight excluding hydrogens is 318 g/mol. The second-order valence-electron chi connectivity index (χ2n) is 5.66. The smallest absolute Gasteiger partial charge is 0.279 e. The minimum absolute atomic E-state index is 0.105. The molecule has 122 valence electrons. The molecule has 1 heterocycles. The summed E-state index contributed by atoms with van der Waals surface area (Å²) in [6, 6.07) is 18.2. The van der Waals surface area contributed by atoms with Gasteiger partial charge in [0.1, 0.15) is 0 Å². The summed E-state index contributed by atoms with van der Waals surface area (Å²) in [5, 5.41) is 13.5. The second kappa shape index (κ2) is 5.76. The molecule has 2 N–H and O–H groups in total. The van der Waals surface area contributed by atoms with Crippen LogP contribution >= 0.6 is 0 Å². The van der Waals surface area contributed by atoms with Gasteiger partial charge in [-0.2, -0.15) is 0 Å². The molecule has 0 bridgehead atoms. The van der Waals surface area contributed by atoms with Crippen LogP contribution in [0.2, 0.25) is 0 Å². The first kappa shape index (κ1) is 14.9. The topological polar surface area (TPSA) is 84.3 Å². The third kappa shape index (κ3) is 2.49. The lowest BCUT2D eigenvalue weighted by atomic mass is 9.97. The first-order valence-electron chi connectivity index (χ1n) is 7.69. The maximum absolute atomic E-state index is 12.0. The van der Waals surface area contributed by atoms with Crippen LogP contribution in [0.25, 0.3) is 22.5 Å². The van der Waals surface area contributed by atoms with Gasteiger partial charge in [-0.15, -0.1) is 0 Å². The molecule has 0 saturated carbocycles. The number of nitrogens with one attached hydrogen (secondary N) is 2. The Bertz CT molecular complexity index is 1040. The lowest BCUT2D eigenvalue weighted by Crippen LogP contribution is -2.41. The van der Waals surface area contributed by atoms with E-state index in [-0.39, 0.29) is 11.3 Å². The number of hydrogen-bond donors (Lipinski definition) is 2. The fraction of sp³-hybridized carbons (Fsp3) is 0. The highest BCUT2D eigenvalue weighted by Crippen LogP contribution is 2.32. The Kier molecular flexibility index (Phi) is 3.43. The van der Waals surface area contributed by atoms with Crippen molar-refractivity contribution in [3.05, 3.63) is 87.5 Å². The van der Waals surface area contributed by atoms with Gasteiger partial charge in [0.2, 0.25) is 0 Å². The number of nitrogens with zero attached hydrogens (tertiary/aromatic N) is 1. The Morgan fingerprint density at radius 2 is 1.68 bits per heavy atom. The van der Waals surface area contributed by atoms with Gasteiger partial charge in [-0.25, -0.2) is 0 Å². The highest BCUT2D eigenvalue weighted by atomic mass is 16.6. The van der Waals surface area contributed by atoms with Gasteiger partial charge in [0.05, 0.1) is 21.7 Å². The molecule has 6 heteroatoms. The zero-order chi connectivity index (χ0) is 17.4. The third-order valence-electron chi connectivity index (χ3n) is 4.19. The Balaban J connectivity index is 1.96. The zero-order valence-electron chi connectivity index (χ0n) is 13.0. The van der Waals surface area contributed by atoms with E-state index in [0.717, 1.165) is 16.3 Å². The standard InChI is InChI=1S/C19H13N3O3/c23-19-15-9-4-10-17(22(24)25)18(15)16(20-21-19)11-13-7-3-6-12-5-1-2-8-14(12)13/h1-11,20H,(H,21,23)/b16-11-. The van der Waals surface area contributed by atoms with Crippen LogP contribution in [0.3, 0.4) is 0 Å². The molecule has 0 aromatic heterocycles. The molecular formula is C19H13N3O3. The van der Waals surface area contributed by atoms with Crippen molar-refractivity contribution in [2.24, 2.45) is 0 Å². The molecule has 4 rings (SSSR count). The first-order chi connectivity index (χ1) is 12.1. The Morgan fingerprint density at radius 3 is 2.52 bits per heavy atom. The van der Waals surface area contributed by atoms with Crippen molar-refractivity contribution in [2.75, 3.05) is 0 Å². The summed E-state index contributed by atoms with van der Waals surface area (Å²) in [4.78, 5) is 23.0. The SMILES string of the molecule is O=C1NN/C(=C\c2cccc3ccccc23)c2c1cccc2[N+](=O)[O-]. The van der Waals surface area contributed by atoms with E-state index in [9.17, 15) is 14.9 Å². The molecule has 3 aromatic rings. The number of nitro benzene ring substituents is 1. The van der Waals surface area contributed by atoms with E-state index in [1.54, 1.807) is 6.07 Å². The van der Waals surface area contributed by atoms with Gasteiger partial charge in [0.15, 0.2) is 0 Å². The number of hydrazine groups is 1. The number of rotatable bonds is 2. The fourth-order valence-electron chi connectivity index (χ4n) is 3.06. The highest BCUT2D eigenvalue weighted by molar-refractivity contribution is 6.06. The van der Waals surface area contributed by atoms with Gasteiger partial charge in [-0.1, -0.05) is 48.5 Å². The van der Waals surface area contributed by atoms with E-state index in [4.69, 9.17) is 0 Å². The Hall–Kier alpha value is -3.67. The van der Waals surface area contributed by atoms with E-state index in [1.807, 2.05) is 48.5 Å². The molecule has 1 amide bonds. The van der Waals surface area contributed by atoms with Crippen molar-refractivity contribution in [2.45, 2.75) is 0 Å². The van der Waals surface area contributed by atoms with Crippen LogP contribution in [-0.4, -0.2) is 10.8 Å². The minimum atomic E-state index is -0.476. The van der Waals surface area contributed by atoms with Gasteiger partial charge in [0.25, 0.3) is 11.6 Å². The molecule has 0 radical (unpaired) electrons. The average Bonchev–Trinajstić information content (AvgIpc) is 2.64. The first-order valence-corrected chi connectivity index (χ1v) is 7.69. The van der Waals surface area contributed by atoms with Crippen molar-refractivity contribution in [3.8, 4) is 0 Å². The Morgan fingerprint density at radius 1 is 0.920 bits per heavy atom. The van der Waals surface area contributed by atoms with E-state index >= 15 is 0 Å². The van der Waals surface area contributed by atoms with E-state index in [1.165, 1.54) is 12.1 Å². The Labute approximate surface area is 142 Å². The molecule has 1 aliphatic rings. The number of hydrogen-bond acceptors (Lipinski definition) is 4. The lowest BCUT2D eigenvalue weighted by molar-refractivity contribution is -0.385. The molecule has 6 nitrogen and oxygen atoms in total. The predicted octanol–water partition coefficient (Wildman–Crippen LogP) is 3.49. The van der Waals surface area contributed by atoms with Crippen molar-refractivity contribution in [3.63, 3.8) is 0 Å². The number of fused-ring (bicyclic) bond motifs is 2. The number of carbonyl (C=O) groups is 1. The normalized spacial score (nSPS) is 14.7. The van der Waals surface area contributed by atoms with E-state index in [0.29, 0.717) is 11.3 Å². The van der Waals surface area contributed by atoms with Gasteiger partial charge in [-0.3, -0.25) is 25.8 Å². The summed E-state index contributed by atoms with van der Waals surface area (Å²) in [5.41, 5.74) is 7.19. The maximum Gasteiger partial charge on any atom is 0.279 e. The van der Waals surface area contributed by atoms with Crippen molar-refractivity contribution in [1.29, 1.82) is 0 Å². The average molecular weight is 331 g/mol. The highest BCUT2D eigenvalue weighted by Gasteiger charge is 2.28. The number of benzene rings is 3. The molecule has 3 aromatic carbocycles. The van der Waals surface area contributed by atoms with Crippen LogP contribution in [-0.2, 0) is 0 Å². The van der Waals surface area contributed by atoms with Gasteiger partial charge in [0, 0.05) is 6.07 Å². The largest absolute Gasteiger partial charge is 0.297 e. The van der Waals surface area contributed by atoms with Crippen molar-refractivity contribution < 1.29 is 9.72 Å². The van der Waals surface area contributed by atoms with Crippen molar-refractivity contribution >= 4 is 34.1 Å². The lowest BCUT2D eigenvalue weighted by Gasteiger charge is -2.21. The summed E-state index contributed by atoms with van der Waals surface area (Å²) < 4.78 is 0. The van der Waals surface area contributed by atoms with Crippen LogP contribution in [0.4, 0.5) is 5.69 Å². The summed E-state index contributed by atoms with van der Waals surface area (Å²) in [6.45, 7) is 0. The predicted molar refractivity (Wildman–Crippen MR) is 95.5 cm³/mol. The van der Waals surface area contributed by atoms with E-state index in [2.05, 4.69) is 10.9 Å². The quantitative estimate of drug-likeness (QED) is 0.556. The van der Waals surface area contributed by atoms with Crippen LogP contribution < -0.4 is 10.9 Å². The number of amides is 1. The fourth-order valence-corrected chi connectivity index (χ4v) is 3.06. The van der Waals surface area contributed by atoms with Gasteiger partial charge < -0.3 is 0 Å². The summed E-state index contributed by atoms with van der Waals surface area (Å²) in [7, 11) is 0. The molecule has 0 unspecified atom stereocenters. The molecule has 25 heavy (non-hydrogen) atoms. The summed E-state index contributed by atoms with van der Waals surface area (Å²) >= 11 is 0. The maximum atomic E-state index is 12.0. The van der Waals surface area contributed by atoms with Crippen LogP contribution in [0.5, 0.6) is 0 Å². The molecule has 0 aliphatic carbocycles. The third-order valence-corrected chi connectivity index (χ3v) is 4.19. The van der Waals surface area contributed by atoms with Gasteiger partial charge in [-0.05, 0) is 28.5 Å². The summed E-state index contributed by atoms with van der Waals surface area (Å²) in [6.07, 6.45) is 1.81. The zero-order valence-corrected chi connectivity index (χ0v) is 13.0. The molecule has 0 atom stereocenters. The van der Waals surface area contributed by atoms with Crippen LogP contribution in [0, 0.1) is 10.1 Å². The molecule has 0 saturated heterocycles. The van der Waals surface area contributed by atoms with Crippen LogP contribution in [0.1, 0.15) is 21.5 Å². The minimum Gasteiger partial charge on any atom is -0.297 e. The molecule has 0 spiro atoms. The monoisotopic (exact) mass is 331 g/mol. The molecule has 1 aliphatic heterocycles. The van der Waals surface area contributed by atoms with E-state index < -0.39 is 10.8 Å². The molecule has 0 fully saturated rings. The number of nitro groups is 1. The van der Waals surface area contributed by atoms with Crippen LogP contribution in [0.15, 0.2) is 60.7 Å². The van der Waals surface area contributed by atoms with Gasteiger partial charge >= 0.3 is 0 Å². The summed E-state index contributed by atoms with van der Waals surface area (Å²) in [5.74, 6) is -0.395. The van der Waals surface area contributed by atoms with Crippen molar-refractivity contribution in [1.82, 2.24) is 10.9 Å². The second-order valence-corrected chi connectivity index (χ2v) is 5.66. The number of carbonyl (C=O) groups excluding carboxylic acids is 1.